The summed E-state index contributed by atoms with van der Waals surface area (Å²) >= 11 is 0. The van der Waals surface area contributed by atoms with Gasteiger partial charge in [0.1, 0.15) is 41.9 Å². The van der Waals surface area contributed by atoms with E-state index < -0.39 is 95.2 Å². The Morgan fingerprint density at radius 3 is 1.31 bits per heavy atom. The first-order valence-electron chi connectivity index (χ1n) is 24.8. The Kier molecular flexibility index (Phi) is 24.0. The van der Waals surface area contributed by atoms with Crippen molar-refractivity contribution in [2.24, 2.45) is 23.7 Å². The predicted octanol–water partition coefficient (Wildman–Crippen LogP) is 4.23. The van der Waals surface area contributed by atoms with Crippen molar-refractivity contribution in [2.75, 3.05) is 35.5 Å². The Labute approximate surface area is 415 Å². The van der Waals surface area contributed by atoms with E-state index in [9.17, 15) is 28.8 Å². The molecule has 0 heterocycles. The third-order valence-electron chi connectivity index (χ3n) is 13.1. The fourth-order valence-electron chi connectivity index (χ4n) is 9.44. The van der Waals surface area contributed by atoms with E-state index in [4.69, 9.17) is 28.4 Å². The van der Waals surface area contributed by atoms with Gasteiger partial charge in [0.2, 0.25) is 29.5 Å². The Hall–Kier alpha value is -4.85. The molecule has 2 unspecified atom stereocenters. The number of hydrogen-bond donors (Lipinski definition) is 6. The first-order chi connectivity index (χ1) is 33.1. The highest BCUT2D eigenvalue weighted by molar-refractivity contribution is 5.99. The molecule has 0 spiro atoms. The van der Waals surface area contributed by atoms with Gasteiger partial charge in [-0.1, -0.05) is 85.7 Å². The Morgan fingerprint density at radius 1 is 0.514 bits per heavy atom. The zero-order chi connectivity index (χ0) is 52.3. The van der Waals surface area contributed by atoms with Gasteiger partial charge in [-0.2, -0.15) is 0 Å². The molecule has 10 atom stereocenters. The Bertz CT molecular complexity index is 1870. The molecule has 6 amide bonds. The van der Waals surface area contributed by atoms with Crippen LogP contribution in [0.3, 0.4) is 0 Å². The first kappa shape index (κ1) is 59.5. The van der Waals surface area contributed by atoms with Crippen LogP contribution >= 0.6 is 0 Å². The van der Waals surface area contributed by atoms with Crippen LogP contribution in [0.1, 0.15) is 125 Å². The molecular weight excluding hydrogens is 905 g/mol. The van der Waals surface area contributed by atoms with Gasteiger partial charge < -0.3 is 60.3 Å². The molecule has 0 bridgehead atoms. The van der Waals surface area contributed by atoms with Crippen LogP contribution < -0.4 is 31.9 Å². The molecule has 19 nitrogen and oxygen atoms in total. The molecule has 19 heteroatoms. The molecule has 0 aliphatic heterocycles. The Morgan fingerprint density at radius 2 is 0.900 bits per heavy atom. The highest BCUT2D eigenvalue weighted by atomic mass is 16.6. The SMILES string of the molecule is COC(=O)C1(NC(=O)[C@H](CC(C)C)NC(=O)[C@H](CC(C)C)NC(=O)C2(NC(=O)[C@H](CC(C)C)NC(=O)[C@H](CC(C)C)NC(=O)OCc3ccccc3)CC[C@H](OC)[C@@H](OC)C2)CC[C@H](OC)[C@@H](OC)C1. The van der Waals surface area contributed by atoms with Crippen molar-refractivity contribution < 1.29 is 62.0 Å². The third-order valence-corrected chi connectivity index (χ3v) is 13.1. The van der Waals surface area contributed by atoms with Gasteiger partial charge >= 0.3 is 12.1 Å². The lowest BCUT2D eigenvalue weighted by Crippen LogP contribution is -2.68. The summed E-state index contributed by atoms with van der Waals surface area (Å²) in [5.41, 5.74) is -2.34. The van der Waals surface area contributed by atoms with Crippen molar-refractivity contribution in [3.8, 4) is 0 Å². The van der Waals surface area contributed by atoms with Crippen molar-refractivity contribution in [3.05, 3.63) is 35.9 Å². The lowest BCUT2D eigenvalue weighted by molar-refractivity contribution is -0.160. The zero-order valence-corrected chi connectivity index (χ0v) is 43.9. The average Bonchev–Trinajstić information content (AvgIpc) is 3.31. The molecule has 6 N–H and O–H groups in total. The molecule has 0 saturated heterocycles. The molecule has 396 valence electrons. The fourth-order valence-corrected chi connectivity index (χ4v) is 9.44. The summed E-state index contributed by atoms with van der Waals surface area (Å²) in [6.07, 6.45) is -0.874. The van der Waals surface area contributed by atoms with Crippen LogP contribution in [0.4, 0.5) is 4.79 Å². The molecule has 1 aromatic carbocycles. The summed E-state index contributed by atoms with van der Waals surface area (Å²) < 4.78 is 33.4. The van der Waals surface area contributed by atoms with Crippen LogP contribution in [0.2, 0.25) is 0 Å². The van der Waals surface area contributed by atoms with Crippen molar-refractivity contribution >= 4 is 41.6 Å². The maximum absolute atomic E-state index is 15.0. The second kappa shape index (κ2) is 28.3. The number of amides is 6. The van der Waals surface area contributed by atoms with Crippen LogP contribution in [0.5, 0.6) is 0 Å². The lowest BCUT2D eigenvalue weighted by atomic mass is 9.77. The van der Waals surface area contributed by atoms with Crippen molar-refractivity contribution in [2.45, 2.75) is 186 Å². The summed E-state index contributed by atoms with van der Waals surface area (Å²) in [6, 6.07) is 4.63. The molecule has 2 aliphatic carbocycles. The van der Waals surface area contributed by atoms with Crippen molar-refractivity contribution in [3.63, 3.8) is 0 Å². The summed E-state index contributed by atoms with van der Waals surface area (Å²) in [7, 11) is 7.33. The van der Waals surface area contributed by atoms with Crippen LogP contribution in [0.15, 0.2) is 30.3 Å². The molecule has 0 radical (unpaired) electrons. The average molecular weight is 989 g/mol. The van der Waals surface area contributed by atoms with Crippen LogP contribution in [-0.2, 0) is 63.8 Å². The van der Waals surface area contributed by atoms with Gasteiger partial charge in [-0.15, -0.1) is 0 Å². The van der Waals surface area contributed by atoms with E-state index in [-0.39, 0.29) is 87.7 Å². The topological polar surface area (TPSA) is 247 Å². The van der Waals surface area contributed by atoms with Gasteiger partial charge in [-0.25, -0.2) is 9.59 Å². The van der Waals surface area contributed by atoms with Gasteiger partial charge in [-0.05, 0) is 80.6 Å². The number of nitrogens with one attached hydrogen (secondary N) is 6. The Balaban J connectivity index is 1.94. The second-order valence-electron chi connectivity index (χ2n) is 20.6. The summed E-state index contributed by atoms with van der Waals surface area (Å²) in [5, 5.41) is 17.3. The smallest absolute Gasteiger partial charge is 0.408 e. The minimum atomic E-state index is -1.65. The second-order valence-corrected chi connectivity index (χ2v) is 20.6. The standard InChI is InChI=1S/C51H84N6O13/c1-30(2)23-35(43(58)52-38(26-33(7)8)46(61)57-51(48(63)69-13)22-20-40(66-10)42(28-51)68-12)54-47(62)50(21-19-39(65-9)41(27-50)67-11)56-45(60)37(25-32(5)6)53-44(59)36(24-31(3)4)55-49(64)70-29-34-17-15-14-16-18-34/h14-18,30-33,35-42H,19-29H2,1-13H3,(H,52,58)(H,53,59)(H,54,62)(H,55,64)(H,56,60)(H,57,61)/t35-,36-,37-,38-,39-,40-,41-,42-,50?,51?/m0/s1. The molecule has 2 aliphatic rings. The van der Waals surface area contributed by atoms with E-state index in [1.54, 1.807) is 7.11 Å². The monoisotopic (exact) mass is 989 g/mol. The number of ether oxygens (including phenoxy) is 6. The van der Waals surface area contributed by atoms with Gasteiger partial charge in [-0.3, -0.25) is 24.0 Å². The maximum atomic E-state index is 15.0. The number of rotatable bonds is 26. The number of methoxy groups -OCH3 is 5. The highest BCUT2D eigenvalue weighted by Gasteiger charge is 2.51. The molecule has 2 fully saturated rings. The fraction of sp³-hybridized carbons (Fsp3) is 0.745. The molecule has 3 rings (SSSR count). The summed E-state index contributed by atoms with van der Waals surface area (Å²) in [5.74, 6) is -4.12. The lowest BCUT2D eigenvalue weighted by Gasteiger charge is -2.44. The molecular formula is C51H84N6O13. The number of esters is 1. The van der Waals surface area contributed by atoms with Crippen molar-refractivity contribution in [1.29, 1.82) is 0 Å². The van der Waals surface area contributed by atoms with Gasteiger partial charge in [0.15, 0.2) is 0 Å². The van der Waals surface area contributed by atoms with E-state index in [2.05, 4.69) is 31.9 Å². The van der Waals surface area contributed by atoms with Crippen LogP contribution in [-0.4, -0.2) is 137 Å². The quantitative estimate of drug-likeness (QED) is 0.0713. The van der Waals surface area contributed by atoms with Crippen LogP contribution in [0.25, 0.3) is 0 Å². The van der Waals surface area contributed by atoms with E-state index in [1.165, 1.54) is 28.4 Å². The third kappa shape index (κ3) is 17.5. The molecule has 2 saturated carbocycles. The minimum Gasteiger partial charge on any atom is -0.467 e. The van der Waals surface area contributed by atoms with Crippen LogP contribution in [0, 0.1) is 23.7 Å². The predicted molar refractivity (Wildman–Crippen MR) is 262 cm³/mol. The maximum Gasteiger partial charge on any atom is 0.408 e. The zero-order valence-electron chi connectivity index (χ0n) is 43.9. The number of alkyl carbamates (subject to hydrolysis) is 1. The minimum absolute atomic E-state index is 0.00545. The highest BCUT2D eigenvalue weighted by Crippen LogP contribution is 2.35. The van der Waals surface area contributed by atoms with Gasteiger partial charge in [0.25, 0.3) is 0 Å². The number of carbonyl (C=O) groups is 7. The largest absolute Gasteiger partial charge is 0.467 e. The first-order valence-corrected chi connectivity index (χ1v) is 24.8. The van der Waals surface area contributed by atoms with E-state index in [0.717, 1.165) is 5.56 Å². The van der Waals surface area contributed by atoms with Gasteiger partial charge in [0, 0.05) is 41.3 Å². The van der Waals surface area contributed by atoms with Crippen molar-refractivity contribution in [1.82, 2.24) is 31.9 Å². The van der Waals surface area contributed by atoms with Gasteiger partial charge in [0.05, 0.1) is 31.5 Å². The number of hydrogen-bond acceptors (Lipinski definition) is 13. The molecule has 0 aromatic heterocycles. The molecule has 70 heavy (non-hydrogen) atoms. The normalized spacial score (nSPS) is 24.2. The summed E-state index contributed by atoms with van der Waals surface area (Å²) in [6.45, 7) is 15.2. The molecule has 1 aromatic rings. The van der Waals surface area contributed by atoms with E-state index >= 15 is 4.79 Å². The van der Waals surface area contributed by atoms with E-state index in [0.29, 0.717) is 12.8 Å². The number of carbonyl (C=O) groups excluding carboxylic acids is 7. The summed E-state index contributed by atoms with van der Waals surface area (Å²) in [4.78, 5) is 98.9. The number of benzene rings is 1. The van der Waals surface area contributed by atoms with E-state index in [1.807, 2.05) is 85.7 Å².